The van der Waals surface area contributed by atoms with Gasteiger partial charge >= 0.3 is 0 Å². The normalized spacial score (nSPS) is 10.4. The van der Waals surface area contributed by atoms with Crippen molar-refractivity contribution in [2.75, 3.05) is 12.8 Å². The molecular formula is C12H9Cl2NO2S. The maximum absolute atomic E-state index is 12.2. The Labute approximate surface area is 118 Å². The van der Waals surface area contributed by atoms with Crippen molar-refractivity contribution in [3.05, 3.63) is 44.1 Å². The van der Waals surface area contributed by atoms with E-state index in [2.05, 4.69) is 0 Å². The number of nitrogen functional groups attached to an aromatic ring is 1. The number of ether oxygens (including phenoxy) is 1. The van der Waals surface area contributed by atoms with Crippen LogP contribution >= 0.6 is 34.5 Å². The Hall–Kier alpha value is -1.23. The SMILES string of the molecule is COc1cc(C(=O)c2cc(Cl)sc2Cl)ccc1N. The Morgan fingerprint density at radius 2 is 2.06 bits per heavy atom. The van der Waals surface area contributed by atoms with Gasteiger partial charge in [-0.25, -0.2) is 0 Å². The summed E-state index contributed by atoms with van der Waals surface area (Å²) in [6.45, 7) is 0. The van der Waals surface area contributed by atoms with E-state index in [1.807, 2.05) is 0 Å². The van der Waals surface area contributed by atoms with Crippen molar-refractivity contribution in [2.45, 2.75) is 0 Å². The van der Waals surface area contributed by atoms with Crippen LogP contribution in [-0.2, 0) is 0 Å². The van der Waals surface area contributed by atoms with E-state index < -0.39 is 0 Å². The number of anilines is 1. The van der Waals surface area contributed by atoms with E-state index in [9.17, 15) is 4.79 Å². The number of hydrogen-bond acceptors (Lipinski definition) is 4. The molecule has 0 spiro atoms. The van der Waals surface area contributed by atoms with Gasteiger partial charge in [0.15, 0.2) is 5.78 Å². The number of carbonyl (C=O) groups is 1. The maximum Gasteiger partial charge on any atom is 0.195 e. The van der Waals surface area contributed by atoms with Crippen LogP contribution in [0.4, 0.5) is 5.69 Å². The van der Waals surface area contributed by atoms with E-state index in [-0.39, 0.29) is 5.78 Å². The van der Waals surface area contributed by atoms with Gasteiger partial charge in [0.1, 0.15) is 10.1 Å². The molecule has 2 aromatic rings. The first kappa shape index (κ1) is 13.2. The highest BCUT2D eigenvalue weighted by molar-refractivity contribution is 7.20. The summed E-state index contributed by atoms with van der Waals surface area (Å²) in [5, 5.41) is 0. The Morgan fingerprint density at radius 1 is 1.33 bits per heavy atom. The summed E-state index contributed by atoms with van der Waals surface area (Å²) in [7, 11) is 1.49. The summed E-state index contributed by atoms with van der Waals surface area (Å²) in [6, 6.07) is 6.38. The van der Waals surface area contributed by atoms with Crippen LogP contribution in [0.3, 0.4) is 0 Å². The van der Waals surface area contributed by atoms with Crippen molar-refractivity contribution in [2.24, 2.45) is 0 Å². The molecule has 2 rings (SSSR count). The molecule has 0 aliphatic carbocycles. The number of methoxy groups -OCH3 is 1. The van der Waals surface area contributed by atoms with Gasteiger partial charge in [-0.3, -0.25) is 4.79 Å². The fraction of sp³-hybridized carbons (Fsp3) is 0.0833. The second kappa shape index (κ2) is 5.18. The third-order valence-electron chi connectivity index (χ3n) is 2.40. The predicted octanol–water partition coefficient (Wildman–Crippen LogP) is 3.88. The quantitative estimate of drug-likeness (QED) is 0.691. The highest BCUT2D eigenvalue weighted by Crippen LogP contribution is 2.33. The molecule has 6 heteroatoms. The molecule has 0 atom stereocenters. The zero-order valence-corrected chi connectivity index (χ0v) is 11.7. The number of halogens is 2. The van der Waals surface area contributed by atoms with Crippen molar-refractivity contribution >= 4 is 46.0 Å². The third-order valence-corrected chi connectivity index (χ3v) is 3.88. The van der Waals surface area contributed by atoms with Gasteiger partial charge in [-0.1, -0.05) is 23.2 Å². The van der Waals surface area contributed by atoms with E-state index in [4.69, 9.17) is 33.7 Å². The largest absolute Gasteiger partial charge is 0.495 e. The first-order chi connectivity index (χ1) is 8.52. The first-order valence-electron chi connectivity index (χ1n) is 4.96. The van der Waals surface area contributed by atoms with Crippen LogP contribution < -0.4 is 10.5 Å². The van der Waals surface area contributed by atoms with E-state index >= 15 is 0 Å². The Kier molecular flexibility index (Phi) is 3.80. The van der Waals surface area contributed by atoms with Crippen LogP contribution in [0.2, 0.25) is 8.67 Å². The molecule has 0 aliphatic heterocycles. The molecule has 0 fully saturated rings. The van der Waals surface area contributed by atoms with Gasteiger partial charge in [-0.2, -0.15) is 0 Å². The summed E-state index contributed by atoms with van der Waals surface area (Å²) in [4.78, 5) is 12.2. The van der Waals surface area contributed by atoms with E-state index in [0.29, 0.717) is 31.2 Å². The Morgan fingerprint density at radius 3 is 2.61 bits per heavy atom. The number of thiophene rings is 1. The smallest absolute Gasteiger partial charge is 0.195 e. The van der Waals surface area contributed by atoms with E-state index in [1.165, 1.54) is 7.11 Å². The summed E-state index contributed by atoms with van der Waals surface area (Å²) >= 11 is 12.9. The van der Waals surface area contributed by atoms with Gasteiger partial charge in [-0.05, 0) is 24.3 Å². The number of nitrogens with two attached hydrogens (primary N) is 1. The van der Waals surface area contributed by atoms with E-state index in [0.717, 1.165) is 11.3 Å². The average Bonchev–Trinajstić information content (AvgIpc) is 2.68. The lowest BCUT2D eigenvalue weighted by molar-refractivity contribution is 0.103. The molecule has 94 valence electrons. The fourth-order valence-corrected chi connectivity index (χ4v) is 2.96. The lowest BCUT2D eigenvalue weighted by Crippen LogP contribution is -2.02. The fourth-order valence-electron chi connectivity index (χ4n) is 1.50. The molecule has 0 radical (unpaired) electrons. The highest BCUT2D eigenvalue weighted by atomic mass is 35.5. The van der Waals surface area contributed by atoms with Crippen LogP contribution in [0.15, 0.2) is 24.3 Å². The standard InChI is InChI=1S/C12H9Cl2NO2S/c1-17-9-4-6(2-3-8(9)15)11(16)7-5-10(13)18-12(7)14/h2-5H,15H2,1H3. The summed E-state index contributed by atoms with van der Waals surface area (Å²) in [5.74, 6) is 0.250. The van der Waals surface area contributed by atoms with Gasteiger partial charge in [0.2, 0.25) is 0 Å². The highest BCUT2D eigenvalue weighted by Gasteiger charge is 2.17. The summed E-state index contributed by atoms with van der Waals surface area (Å²) < 4.78 is 5.93. The van der Waals surface area contributed by atoms with Crippen molar-refractivity contribution in [1.82, 2.24) is 0 Å². The van der Waals surface area contributed by atoms with Gasteiger partial charge < -0.3 is 10.5 Å². The molecule has 18 heavy (non-hydrogen) atoms. The summed E-state index contributed by atoms with van der Waals surface area (Å²) in [6.07, 6.45) is 0. The lowest BCUT2D eigenvalue weighted by atomic mass is 10.1. The molecule has 1 aromatic carbocycles. The second-order valence-corrected chi connectivity index (χ2v) is 5.81. The van der Waals surface area contributed by atoms with E-state index in [1.54, 1.807) is 24.3 Å². The van der Waals surface area contributed by atoms with Crippen molar-refractivity contribution in [3.63, 3.8) is 0 Å². The molecule has 1 heterocycles. The van der Waals surface area contributed by atoms with Crippen molar-refractivity contribution < 1.29 is 9.53 Å². The van der Waals surface area contributed by atoms with Gasteiger partial charge in [-0.15, -0.1) is 11.3 Å². The van der Waals surface area contributed by atoms with Crippen LogP contribution in [0, 0.1) is 0 Å². The zero-order valence-electron chi connectivity index (χ0n) is 9.37. The number of hydrogen-bond donors (Lipinski definition) is 1. The zero-order chi connectivity index (χ0) is 13.3. The molecule has 0 saturated heterocycles. The maximum atomic E-state index is 12.2. The van der Waals surface area contributed by atoms with Crippen LogP contribution in [0.25, 0.3) is 0 Å². The molecular weight excluding hydrogens is 293 g/mol. The molecule has 3 nitrogen and oxygen atoms in total. The van der Waals surface area contributed by atoms with Gasteiger partial charge in [0.05, 0.1) is 22.7 Å². The predicted molar refractivity (Wildman–Crippen MR) is 75.2 cm³/mol. The minimum atomic E-state index is -0.207. The minimum Gasteiger partial charge on any atom is -0.495 e. The molecule has 0 bridgehead atoms. The number of ketones is 1. The van der Waals surface area contributed by atoms with Crippen molar-refractivity contribution in [1.29, 1.82) is 0 Å². The number of rotatable bonds is 3. The average molecular weight is 302 g/mol. The summed E-state index contributed by atoms with van der Waals surface area (Å²) in [5.41, 5.74) is 7.01. The van der Waals surface area contributed by atoms with Crippen LogP contribution in [0.5, 0.6) is 5.75 Å². The van der Waals surface area contributed by atoms with Crippen LogP contribution in [-0.4, -0.2) is 12.9 Å². The molecule has 0 unspecified atom stereocenters. The van der Waals surface area contributed by atoms with Crippen molar-refractivity contribution in [3.8, 4) is 5.75 Å². The molecule has 2 N–H and O–H groups in total. The van der Waals surface area contributed by atoms with Gasteiger partial charge in [0.25, 0.3) is 0 Å². The monoisotopic (exact) mass is 301 g/mol. The minimum absolute atomic E-state index is 0.207. The number of benzene rings is 1. The van der Waals surface area contributed by atoms with Crippen LogP contribution in [0.1, 0.15) is 15.9 Å². The number of carbonyl (C=O) groups excluding carboxylic acids is 1. The molecule has 0 saturated carbocycles. The lowest BCUT2D eigenvalue weighted by Gasteiger charge is -2.06. The van der Waals surface area contributed by atoms with Gasteiger partial charge in [0, 0.05) is 5.56 Å². The molecule has 0 amide bonds. The topological polar surface area (TPSA) is 52.3 Å². The third kappa shape index (κ3) is 2.46. The molecule has 1 aromatic heterocycles. The molecule has 0 aliphatic rings. The second-order valence-electron chi connectivity index (χ2n) is 3.52. The Bertz CT molecular complexity index is 610. The first-order valence-corrected chi connectivity index (χ1v) is 6.53. The Balaban J connectivity index is 2.43.